The van der Waals surface area contributed by atoms with E-state index in [1.165, 1.54) is 0 Å². The summed E-state index contributed by atoms with van der Waals surface area (Å²) in [6.45, 7) is 9.16. The first-order valence-corrected chi connectivity index (χ1v) is 5.82. The molecule has 0 aromatic heterocycles. The van der Waals surface area contributed by atoms with Gasteiger partial charge < -0.3 is 15.2 Å². The number of aliphatic carboxylic acids is 1. The quantitative estimate of drug-likeness (QED) is 0.694. The van der Waals surface area contributed by atoms with Crippen molar-refractivity contribution in [1.82, 2.24) is 5.32 Å². The molecule has 2 N–H and O–H groups in total. The highest BCUT2D eigenvalue weighted by Gasteiger charge is 2.25. The first-order chi connectivity index (χ1) is 7.61. The monoisotopic (exact) mass is 245 g/mol. The number of hydrogen-bond donors (Lipinski definition) is 2. The van der Waals surface area contributed by atoms with E-state index in [9.17, 15) is 9.59 Å². The molecule has 0 saturated carbocycles. The number of carbonyl (C=O) groups excluding carboxylic acids is 1. The molecule has 0 unspecified atom stereocenters. The predicted octanol–water partition coefficient (Wildman–Crippen LogP) is 1.56. The summed E-state index contributed by atoms with van der Waals surface area (Å²) in [5, 5.41) is 11.7. The van der Waals surface area contributed by atoms with Crippen LogP contribution in [-0.4, -0.2) is 34.7 Å². The average Bonchev–Trinajstić information content (AvgIpc) is 2.08. The second kappa shape index (κ2) is 6.59. The molecule has 1 atom stereocenters. The lowest BCUT2D eigenvalue weighted by Crippen LogP contribution is -2.44. The van der Waals surface area contributed by atoms with Gasteiger partial charge in [-0.1, -0.05) is 13.8 Å². The fourth-order valence-corrected chi connectivity index (χ4v) is 1.31. The number of rotatable bonds is 6. The van der Waals surface area contributed by atoms with Gasteiger partial charge in [-0.3, -0.25) is 9.59 Å². The molecule has 0 fully saturated rings. The maximum absolute atomic E-state index is 11.8. The summed E-state index contributed by atoms with van der Waals surface area (Å²) in [5.74, 6) is -1.31. The van der Waals surface area contributed by atoms with Crippen LogP contribution >= 0.6 is 0 Å². The van der Waals surface area contributed by atoms with Crippen LogP contribution in [0.25, 0.3) is 0 Å². The van der Waals surface area contributed by atoms with Crippen LogP contribution in [0.2, 0.25) is 0 Å². The fourth-order valence-electron chi connectivity index (χ4n) is 1.31. The lowest BCUT2D eigenvalue weighted by atomic mass is 10.1. The molecule has 0 bridgehead atoms. The Balaban J connectivity index is 4.45. The molecule has 0 radical (unpaired) electrons. The molecular formula is C12H23NO4. The Morgan fingerprint density at radius 2 is 1.82 bits per heavy atom. The molecule has 0 amide bonds. The van der Waals surface area contributed by atoms with Crippen LogP contribution in [0.15, 0.2) is 0 Å². The highest BCUT2D eigenvalue weighted by atomic mass is 16.6. The summed E-state index contributed by atoms with van der Waals surface area (Å²) >= 11 is 0. The number of carboxylic acid groups (broad SMARTS) is 1. The van der Waals surface area contributed by atoms with Gasteiger partial charge in [0.25, 0.3) is 0 Å². The lowest BCUT2D eigenvalue weighted by molar-refractivity contribution is -0.158. The zero-order chi connectivity index (χ0) is 13.6. The fraction of sp³-hybridized carbons (Fsp3) is 0.833. The van der Waals surface area contributed by atoms with E-state index in [-0.39, 0.29) is 18.9 Å². The largest absolute Gasteiger partial charge is 0.481 e. The van der Waals surface area contributed by atoms with Gasteiger partial charge in [0, 0.05) is 12.5 Å². The van der Waals surface area contributed by atoms with Crippen molar-refractivity contribution >= 4 is 11.9 Å². The van der Waals surface area contributed by atoms with Gasteiger partial charge in [-0.05, 0) is 27.2 Å². The minimum absolute atomic E-state index is 0.0520. The number of carbonyl (C=O) groups is 2. The summed E-state index contributed by atoms with van der Waals surface area (Å²) in [4.78, 5) is 22.3. The maximum atomic E-state index is 11.8. The smallest absolute Gasteiger partial charge is 0.323 e. The van der Waals surface area contributed by atoms with Crippen LogP contribution in [0.5, 0.6) is 0 Å². The summed E-state index contributed by atoms with van der Waals surface area (Å²) in [6, 6.07) is -0.466. The summed E-state index contributed by atoms with van der Waals surface area (Å²) < 4.78 is 5.24. The third kappa shape index (κ3) is 8.68. The molecule has 17 heavy (non-hydrogen) atoms. The zero-order valence-electron chi connectivity index (χ0n) is 11.2. The summed E-state index contributed by atoms with van der Waals surface area (Å²) in [6.07, 6.45) is 0.187. The van der Waals surface area contributed by atoms with Crippen LogP contribution in [0, 0.1) is 0 Å². The zero-order valence-corrected chi connectivity index (χ0v) is 11.2. The summed E-state index contributed by atoms with van der Waals surface area (Å²) in [7, 11) is 0. The predicted molar refractivity (Wildman–Crippen MR) is 64.8 cm³/mol. The van der Waals surface area contributed by atoms with Gasteiger partial charge in [0.05, 0.1) is 0 Å². The Morgan fingerprint density at radius 1 is 1.29 bits per heavy atom. The molecule has 0 aromatic rings. The van der Waals surface area contributed by atoms with Gasteiger partial charge in [-0.15, -0.1) is 0 Å². The van der Waals surface area contributed by atoms with Crippen LogP contribution in [0.1, 0.15) is 47.5 Å². The Hall–Kier alpha value is -1.10. The van der Waals surface area contributed by atoms with E-state index >= 15 is 0 Å². The average molecular weight is 245 g/mol. The topological polar surface area (TPSA) is 75.6 Å². The molecule has 100 valence electrons. The van der Waals surface area contributed by atoms with Gasteiger partial charge in [0.15, 0.2) is 0 Å². The molecular weight excluding hydrogens is 222 g/mol. The van der Waals surface area contributed by atoms with Gasteiger partial charge in [0.2, 0.25) is 0 Å². The molecule has 5 nitrogen and oxygen atoms in total. The summed E-state index contributed by atoms with van der Waals surface area (Å²) in [5.41, 5.74) is -0.558. The Labute approximate surface area is 103 Å². The van der Waals surface area contributed by atoms with Crippen molar-refractivity contribution in [2.45, 2.75) is 65.1 Å². The molecule has 5 heteroatoms. The second-order valence-corrected chi connectivity index (χ2v) is 5.34. The van der Waals surface area contributed by atoms with E-state index in [1.54, 1.807) is 20.8 Å². The minimum Gasteiger partial charge on any atom is -0.481 e. The van der Waals surface area contributed by atoms with Crippen molar-refractivity contribution in [2.24, 2.45) is 0 Å². The van der Waals surface area contributed by atoms with Gasteiger partial charge in [-0.2, -0.15) is 0 Å². The Morgan fingerprint density at radius 3 is 2.18 bits per heavy atom. The maximum Gasteiger partial charge on any atom is 0.323 e. The number of hydrogen-bond acceptors (Lipinski definition) is 4. The van der Waals surface area contributed by atoms with Crippen LogP contribution in [0.3, 0.4) is 0 Å². The number of ether oxygens (including phenoxy) is 1. The molecule has 0 saturated heterocycles. The highest BCUT2D eigenvalue weighted by Crippen LogP contribution is 2.11. The normalized spacial score (nSPS) is 13.5. The van der Waals surface area contributed by atoms with E-state index in [2.05, 4.69) is 5.32 Å². The van der Waals surface area contributed by atoms with Crippen LogP contribution < -0.4 is 5.32 Å². The van der Waals surface area contributed by atoms with Crippen molar-refractivity contribution in [3.8, 4) is 0 Å². The van der Waals surface area contributed by atoms with Gasteiger partial charge in [0.1, 0.15) is 11.6 Å². The lowest BCUT2D eigenvalue weighted by Gasteiger charge is -2.25. The molecule has 0 heterocycles. The number of nitrogens with one attached hydrogen (secondary N) is 1. The third-order valence-corrected chi connectivity index (χ3v) is 1.87. The Kier molecular flexibility index (Phi) is 6.16. The Bertz CT molecular complexity index is 268. The minimum atomic E-state index is -0.913. The van der Waals surface area contributed by atoms with Crippen LogP contribution in [-0.2, 0) is 14.3 Å². The van der Waals surface area contributed by atoms with E-state index in [0.29, 0.717) is 0 Å². The van der Waals surface area contributed by atoms with Crippen molar-refractivity contribution in [3.05, 3.63) is 0 Å². The first-order valence-electron chi connectivity index (χ1n) is 5.82. The van der Waals surface area contributed by atoms with Crippen molar-refractivity contribution < 1.29 is 19.4 Å². The second-order valence-electron chi connectivity index (χ2n) is 5.34. The SMILES string of the molecule is CC(C)N[C@H](CCC(=O)O)C(=O)OC(C)(C)C. The van der Waals surface area contributed by atoms with Crippen molar-refractivity contribution in [1.29, 1.82) is 0 Å². The molecule has 0 aliphatic rings. The third-order valence-electron chi connectivity index (χ3n) is 1.87. The molecule has 0 spiro atoms. The first kappa shape index (κ1) is 15.9. The van der Waals surface area contributed by atoms with Crippen molar-refractivity contribution in [3.63, 3.8) is 0 Å². The van der Waals surface area contributed by atoms with Gasteiger partial charge >= 0.3 is 11.9 Å². The molecule has 0 aliphatic heterocycles. The number of esters is 1. The van der Waals surface area contributed by atoms with E-state index in [4.69, 9.17) is 9.84 Å². The van der Waals surface area contributed by atoms with E-state index in [0.717, 1.165) is 0 Å². The molecule has 0 rings (SSSR count). The molecule has 0 aromatic carbocycles. The van der Waals surface area contributed by atoms with E-state index < -0.39 is 23.6 Å². The van der Waals surface area contributed by atoms with Gasteiger partial charge in [-0.25, -0.2) is 0 Å². The number of carboxylic acids is 1. The van der Waals surface area contributed by atoms with E-state index in [1.807, 2.05) is 13.8 Å². The van der Waals surface area contributed by atoms with Crippen LogP contribution in [0.4, 0.5) is 0 Å². The highest BCUT2D eigenvalue weighted by molar-refractivity contribution is 5.77. The van der Waals surface area contributed by atoms with Crippen molar-refractivity contribution in [2.75, 3.05) is 0 Å². The standard InChI is InChI=1S/C12H23NO4/c1-8(2)13-9(6-7-10(14)15)11(16)17-12(3,4)5/h8-9,13H,6-7H2,1-5H3,(H,14,15)/t9-/m1/s1. The molecule has 0 aliphatic carbocycles.